The summed E-state index contributed by atoms with van der Waals surface area (Å²) < 4.78 is 5.56. The van der Waals surface area contributed by atoms with Crippen LogP contribution < -0.4 is 15.8 Å². The first-order valence-electron chi connectivity index (χ1n) is 10.5. The Morgan fingerprint density at radius 2 is 1.90 bits per heavy atom. The molecule has 3 amide bonds. The lowest BCUT2D eigenvalue weighted by Gasteiger charge is -2.22. The highest BCUT2D eigenvalue weighted by molar-refractivity contribution is 5.90. The van der Waals surface area contributed by atoms with Crippen molar-refractivity contribution in [2.45, 2.75) is 38.1 Å². The second kappa shape index (κ2) is 10.6. The van der Waals surface area contributed by atoms with Crippen LogP contribution in [0.2, 0.25) is 0 Å². The van der Waals surface area contributed by atoms with Crippen LogP contribution in [0.1, 0.15) is 36.3 Å². The quantitative estimate of drug-likeness (QED) is 0.603. The van der Waals surface area contributed by atoms with E-state index in [1.54, 1.807) is 0 Å². The van der Waals surface area contributed by atoms with Gasteiger partial charge in [0.2, 0.25) is 17.7 Å². The second-order valence-electron chi connectivity index (χ2n) is 7.85. The van der Waals surface area contributed by atoms with Crippen molar-refractivity contribution in [3.8, 4) is 5.75 Å². The van der Waals surface area contributed by atoms with Gasteiger partial charge in [-0.3, -0.25) is 14.4 Å². The Balaban J connectivity index is 1.45. The van der Waals surface area contributed by atoms with Gasteiger partial charge in [0.05, 0.1) is 13.2 Å². The van der Waals surface area contributed by atoms with Crippen LogP contribution in [0.3, 0.4) is 0 Å². The number of likely N-dealkylation sites (tertiary alicyclic amines) is 1. The van der Waals surface area contributed by atoms with Gasteiger partial charge in [0, 0.05) is 18.9 Å². The highest BCUT2D eigenvalue weighted by Crippen LogP contribution is 2.32. The molecule has 164 valence electrons. The minimum atomic E-state index is -0.658. The van der Waals surface area contributed by atoms with Gasteiger partial charge >= 0.3 is 0 Å². The van der Waals surface area contributed by atoms with Crippen LogP contribution in [0.15, 0.2) is 54.6 Å². The Labute approximate surface area is 182 Å². The fourth-order valence-corrected chi connectivity index (χ4v) is 3.85. The Kier molecular flexibility index (Phi) is 7.65. The molecule has 2 atom stereocenters. The van der Waals surface area contributed by atoms with E-state index in [2.05, 4.69) is 11.4 Å². The van der Waals surface area contributed by atoms with Crippen LogP contribution in [-0.2, 0) is 14.4 Å². The predicted octanol–water partition coefficient (Wildman–Crippen LogP) is 2.14. The zero-order valence-electron chi connectivity index (χ0n) is 17.8. The molecule has 31 heavy (non-hydrogen) atoms. The number of nitrogens with zero attached hydrogens (tertiary/aromatic N) is 1. The van der Waals surface area contributed by atoms with Gasteiger partial charge in [-0.25, -0.2) is 0 Å². The van der Waals surface area contributed by atoms with Crippen molar-refractivity contribution in [1.29, 1.82) is 0 Å². The highest BCUT2D eigenvalue weighted by Gasteiger charge is 2.38. The third kappa shape index (κ3) is 6.31. The van der Waals surface area contributed by atoms with E-state index in [0.29, 0.717) is 26.0 Å². The summed E-state index contributed by atoms with van der Waals surface area (Å²) in [4.78, 5) is 38.2. The molecule has 1 aliphatic heterocycles. The molecule has 7 nitrogen and oxygen atoms in total. The van der Waals surface area contributed by atoms with E-state index in [0.717, 1.165) is 16.9 Å². The van der Waals surface area contributed by atoms with Gasteiger partial charge < -0.3 is 20.7 Å². The maximum atomic E-state index is 12.7. The van der Waals surface area contributed by atoms with Crippen LogP contribution in [0.25, 0.3) is 0 Å². The summed E-state index contributed by atoms with van der Waals surface area (Å²) >= 11 is 0. The maximum absolute atomic E-state index is 12.7. The van der Waals surface area contributed by atoms with Crippen LogP contribution in [0.5, 0.6) is 5.75 Å². The normalized spacial score (nSPS) is 17.9. The van der Waals surface area contributed by atoms with Gasteiger partial charge in [-0.1, -0.05) is 48.0 Å². The molecule has 1 aliphatic rings. The number of nitrogens with two attached hydrogens (primary N) is 1. The molecule has 3 rings (SSSR count). The topological polar surface area (TPSA) is 102 Å². The van der Waals surface area contributed by atoms with E-state index < -0.39 is 11.9 Å². The van der Waals surface area contributed by atoms with Gasteiger partial charge in [0.1, 0.15) is 11.8 Å². The van der Waals surface area contributed by atoms with E-state index in [1.165, 1.54) is 4.90 Å². The summed E-state index contributed by atoms with van der Waals surface area (Å²) in [6.45, 7) is 2.69. The average Bonchev–Trinajstić information content (AvgIpc) is 3.22. The van der Waals surface area contributed by atoms with E-state index in [4.69, 9.17) is 10.5 Å². The predicted molar refractivity (Wildman–Crippen MR) is 117 cm³/mol. The smallest absolute Gasteiger partial charge is 0.242 e. The Hall–Kier alpha value is -3.35. The summed E-state index contributed by atoms with van der Waals surface area (Å²) in [5.41, 5.74) is 7.76. The Morgan fingerprint density at radius 3 is 2.61 bits per heavy atom. The number of rotatable bonds is 9. The summed E-state index contributed by atoms with van der Waals surface area (Å²) in [6.07, 6.45) is 1.29. The maximum Gasteiger partial charge on any atom is 0.242 e. The zero-order chi connectivity index (χ0) is 22.2. The van der Waals surface area contributed by atoms with Crippen LogP contribution in [0.4, 0.5) is 0 Å². The molecule has 2 aromatic rings. The van der Waals surface area contributed by atoms with Gasteiger partial charge in [-0.05, 0) is 37.5 Å². The van der Waals surface area contributed by atoms with Crippen molar-refractivity contribution >= 4 is 17.7 Å². The molecule has 0 aromatic heterocycles. The molecule has 0 saturated carbocycles. The number of ether oxygens (including phenoxy) is 1. The molecule has 1 saturated heterocycles. The summed E-state index contributed by atoms with van der Waals surface area (Å²) in [5, 5.41) is 2.64. The Morgan fingerprint density at radius 1 is 1.13 bits per heavy atom. The molecular weight excluding hydrogens is 394 g/mol. The summed E-state index contributed by atoms with van der Waals surface area (Å²) in [6, 6.07) is 16.8. The van der Waals surface area contributed by atoms with Crippen molar-refractivity contribution in [3.63, 3.8) is 0 Å². The standard InChI is InChI=1S/C24H29N3O4/c1-17-7-5-8-18(13-17)19-14-21(24(25)30)27(16-19)23(29)15-26-22(28)11-6-12-31-20-9-3-2-4-10-20/h2-5,7-10,13,19,21H,6,11-12,14-16H2,1H3,(H2,25,30)(H,26,28). The number of hydrogen-bond donors (Lipinski definition) is 2. The van der Waals surface area contributed by atoms with Crippen molar-refractivity contribution in [2.24, 2.45) is 5.73 Å². The number of benzene rings is 2. The molecular formula is C24H29N3O4. The molecule has 1 fully saturated rings. The SMILES string of the molecule is Cc1cccc(C2CC(C(N)=O)N(C(=O)CNC(=O)CCCOc3ccccc3)C2)c1. The number of nitrogens with one attached hydrogen (secondary N) is 1. The third-order valence-electron chi connectivity index (χ3n) is 5.46. The molecule has 7 heteroatoms. The first kappa shape index (κ1) is 22.3. The number of carbonyl (C=O) groups excluding carboxylic acids is 3. The molecule has 0 bridgehead atoms. The number of hydrogen-bond acceptors (Lipinski definition) is 4. The number of primary amides is 1. The average molecular weight is 424 g/mol. The molecule has 1 heterocycles. The van der Waals surface area contributed by atoms with Gasteiger partial charge in [0.15, 0.2) is 0 Å². The number of carbonyl (C=O) groups is 3. The first-order valence-corrected chi connectivity index (χ1v) is 10.5. The largest absolute Gasteiger partial charge is 0.494 e. The van der Waals surface area contributed by atoms with Crippen LogP contribution >= 0.6 is 0 Å². The number of para-hydroxylation sites is 1. The van der Waals surface area contributed by atoms with Crippen molar-refractivity contribution in [3.05, 3.63) is 65.7 Å². The lowest BCUT2D eigenvalue weighted by Crippen LogP contribution is -2.47. The molecule has 0 aliphatic carbocycles. The van der Waals surface area contributed by atoms with Gasteiger partial charge in [-0.15, -0.1) is 0 Å². The monoisotopic (exact) mass is 423 g/mol. The summed E-state index contributed by atoms with van der Waals surface area (Å²) in [5.74, 6) is -0.240. The molecule has 3 N–H and O–H groups in total. The van der Waals surface area contributed by atoms with Crippen molar-refractivity contribution in [2.75, 3.05) is 19.7 Å². The van der Waals surface area contributed by atoms with Crippen molar-refractivity contribution in [1.82, 2.24) is 10.2 Å². The van der Waals surface area contributed by atoms with E-state index >= 15 is 0 Å². The fourth-order valence-electron chi connectivity index (χ4n) is 3.85. The Bertz CT molecular complexity index is 916. The fraction of sp³-hybridized carbons (Fsp3) is 0.375. The lowest BCUT2D eigenvalue weighted by molar-refractivity contribution is -0.137. The number of amides is 3. The van der Waals surface area contributed by atoms with E-state index in [9.17, 15) is 14.4 Å². The lowest BCUT2D eigenvalue weighted by atomic mass is 9.95. The van der Waals surface area contributed by atoms with E-state index in [-0.39, 0.29) is 30.7 Å². The van der Waals surface area contributed by atoms with E-state index in [1.807, 2.05) is 55.5 Å². The molecule has 2 unspecified atom stereocenters. The van der Waals surface area contributed by atoms with Crippen molar-refractivity contribution < 1.29 is 19.1 Å². The second-order valence-corrected chi connectivity index (χ2v) is 7.85. The van der Waals surface area contributed by atoms with Gasteiger partial charge in [0.25, 0.3) is 0 Å². The number of aryl methyl sites for hydroxylation is 1. The molecule has 0 spiro atoms. The first-order chi connectivity index (χ1) is 14.9. The minimum absolute atomic E-state index is 0.0483. The van der Waals surface area contributed by atoms with Gasteiger partial charge in [-0.2, -0.15) is 0 Å². The van der Waals surface area contributed by atoms with Crippen LogP contribution in [0, 0.1) is 6.92 Å². The third-order valence-corrected chi connectivity index (χ3v) is 5.46. The molecule has 2 aromatic carbocycles. The summed E-state index contributed by atoms with van der Waals surface area (Å²) in [7, 11) is 0. The minimum Gasteiger partial charge on any atom is -0.494 e. The molecule has 0 radical (unpaired) electrons. The van der Waals surface area contributed by atoms with Crippen LogP contribution in [-0.4, -0.2) is 48.4 Å². The highest BCUT2D eigenvalue weighted by atomic mass is 16.5. The zero-order valence-corrected chi connectivity index (χ0v) is 17.8.